The Morgan fingerprint density at radius 3 is 2.96 bits per heavy atom. The van der Waals surface area contributed by atoms with E-state index >= 15 is 0 Å². The Morgan fingerprint density at radius 2 is 2.15 bits per heavy atom. The summed E-state index contributed by atoms with van der Waals surface area (Å²) in [7, 11) is 0. The van der Waals surface area contributed by atoms with Crippen molar-refractivity contribution in [3.8, 4) is 0 Å². The lowest BCUT2D eigenvalue weighted by molar-refractivity contribution is 0.0862. The van der Waals surface area contributed by atoms with Gasteiger partial charge in [0.25, 0.3) is 0 Å². The topological polar surface area (TPSA) is 95.8 Å². The summed E-state index contributed by atoms with van der Waals surface area (Å²) in [5.74, 6) is 0.511. The number of thiazole rings is 1. The molecule has 27 heavy (non-hydrogen) atoms. The molecule has 7 nitrogen and oxygen atoms in total. The molecule has 1 aromatic carbocycles. The predicted molar refractivity (Wildman–Crippen MR) is 108 cm³/mol. The van der Waals surface area contributed by atoms with Crippen molar-refractivity contribution in [3.05, 3.63) is 45.9 Å². The molecule has 2 aromatic rings. The molecule has 3 N–H and O–H groups in total. The molecule has 0 radical (unpaired) electrons. The third kappa shape index (κ3) is 4.37. The molecule has 144 valence electrons. The average molecular weight is 407 g/mol. The van der Waals surface area contributed by atoms with E-state index in [1.165, 1.54) is 5.01 Å². The molecule has 1 aromatic heterocycles. The Hall–Kier alpha value is -1.81. The Balaban J connectivity index is 1.44. The Kier molecular flexibility index (Phi) is 5.82. The van der Waals surface area contributed by atoms with Crippen LogP contribution in [0.2, 0.25) is 0 Å². The lowest BCUT2D eigenvalue weighted by Crippen LogP contribution is -2.26. The second-order valence-electron chi connectivity index (χ2n) is 6.66. The van der Waals surface area contributed by atoms with Crippen molar-refractivity contribution in [3.63, 3.8) is 0 Å². The van der Waals surface area contributed by atoms with E-state index in [0.29, 0.717) is 12.3 Å². The molecular weight excluding hydrogens is 384 g/mol. The van der Waals surface area contributed by atoms with Crippen molar-refractivity contribution >= 4 is 33.8 Å². The van der Waals surface area contributed by atoms with Crippen LogP contribution in [0, 0.1) is 0 Å². The molecule has 0 spiro atoms. The fourth-order valence-electron chi connectivity index (χ4n) is 3.45. The molecule has 3 heterocycles. The highest BCUT2D eigenvalue weighted by atomic mass is 32.2. The van der Waals surface area contributed by atoms with Gasteiger partial charge in [-0.1, -0.05) is 23.4 Å². The number of nitrogens with zero attached hydrogens (tertiary/aromatic N) is 2. The molecule has 2 atom stereocenters. The largest absolute Gasteiger partial charge is 0.387 e. The lowest BCUT2D eigenvalue weighted by atomic mass is 9.99. The summed E-state index contributed by atoms with van der Waals surface area (Å²) in [5.41, 5.74) is 3.47. The van der Waals surface area contributed by atoms with Crippen LogP contribution in [0.1, 0.15) is 47.5 Å². The van der Waals surface area contributed by atoms with Gasteiger partial charge in [-0.25, -0.2) is 9.19 Å². The van der Waals surface area contributed by atoms with Crippen molar-refractivity contribution in [1.29, 1.82) is 0 Å². The van der Waals surface area contributed by atoms with Gasteiger partial charge in [0.1, 0.15) is 11.6 Å². The molecular formula is C18H22N4O3S2. The standard InChI is InChI=1S/C18H22N4O3S2/c23-27(24)11-20-14-4-2-1-3-13(14)17-9-15(22-25-17)16-10-26-18(21-16)12-5-7-19-8-6-12/h1-4,10,12,17,19-20H,5-9,11H2,(H,23,24). The van der Waals surface area contributed by atoms with Crippen molar-refractivity contribution < 1.29 is 13.6 Å². The molecule has 1 saturated heterocycles. The van der Waals surface area contributed by atoms with E-state index in [0.717, 1.165) is 48.6 Å². The van der Waals surface area contributed by atoms with Gasteiger partial charge in [-0.3, -0.25) is 0 Å². The first-order chi connectivity index (χ1) is 13.2. The monoisotopic (exact) mass is 406 g/mol. The molecule has 2 unspecified atom stereocenters. The van der Waals surface area contributed by atoms with E-state index in [1.54, 1.807) is 11.3 Å². The number of hydrogen-bond acceptors (Lipinski definition) is 7. The minimum Gasteiger partial charge on any atom is -0.387 e. The van der Waals surface area contributed by atoms with E-state index in [-0.39, 0.29) is 12.0 Å². The van der Waals surface area contributed by atoms with Gasteiger partial charge in [-0.15, -0.1) is 11.3 Å². The number of rotatable bonds is 6. The number of benzene rings is 1. The minimum absolute atomic E-state index is 0.0247. The summed E-state index contributed by atoms with van der Waals surface area (Å²) >= 11 is -0.201. The van der Waals surface area contributed by atoms with Crippen molar-refractivity contribution in [1.82, 2.24) is 10.3 Å². The van der Waals surface area contributed by atoms with Crippen molar-refractivity contribution in [2.24, 2.45) is 5.16 Å². The summed E-state index contributed by atoms with van der Waals surface area (Å²) < 4.78 is 20.0. The summed E-state index contributed by atoms with van der Waals surface area (Å²) in [6.45, 7) is 2.10. The van der Waals surface area contributed by atoms with Gasteiger partial charge in [0, 0.05) is 29.0 Å². The molecule has 2 aliphatic rings. The smallest absolute Gasteiger partial charge is 0.172 e. The maximum absolute atomic E-state index is 11.0. The molecule has 4 rings (SSSR count). The fourth-order valence-corrected chi connectivity index (χ4v) is 4.73. The van der Waals surface area contributed by atoms with Gasteiger partial charge in [0.05, 0.1) is 10.7 Å². The maximum Gasteiger partial charge on any atom is 0.172 e. The summed E-state index contributed by atoms with van der Waals surface area (Å²) in [6.07, 6.45) is 2.67. The van der Waals surface area contributed by atoms with E-state index in [1.807, 2.05) is 24.3 Å². The zero-order chi connectivity index (χ0) is 18.6. The van der Waals surface area contributed by atoms with Crippen LogP contribution >= 0.6 is 11.3 Å². The number of piperidine rings is 1. The van der Waals surface area contributed by atoms with Gasteiger partial charge >= 0.3 is 0 Å². The number of anilines is 1. The normalized spacial score (nSPS) is 21.5. The quantitative estimate of drug-likeness (QED) is 0.638. The van der Waals surface area contributed by atoms with Crippen LogP contribution in [0.5, 0.6) is 0 Å². The molecule has 9 heteroatoms. The molecule has 2 aliphatic heterocycles. The van der Waals surface area contributed by atoms with Crippen molar-refractivity contribution in [2.75, 3.05) is 24.3 Å². The summed E-state index contributed by atoms with van der Waals surface area (Å²) in [6, 6.07) is 7.64. The van der Waals surface area contributed by atoms with Crippen LogP contribution in [0.4, 0.5) is 5.69 Å². The average Bonchev–Trinajstić information content (AvgIpc) is 3.37. The minimum atomic E-state index is -1.91. The fraction of sp³-hybridized carbons (Fsp3) is 0.444. The SMILES string of the molecule is O=S(O)CNc1ccccc1C1CC(c2csc(C3CCNCC3)n2)=NO1. The number of oxime groups is 1. The van der Waals surface area contributed by atoms with Crippen LogP contribution in [0.3, 0.4) is 0 Å². The number of aromatic nitrogens is 1. The third-order valence-corrected chi connectivity index (χ3v) is 6.27. The molecule has 0 aliphatic carbocycles. The number of para-hydroxylation sites is 1. The van der Waals surface area contributed by atoms with E-state index in [9.17, 15) is 4.21 Å². The van der Waals surface area contributed by atoms with Crippen LogP contribution < -0.4 is 10.6 Å². The lowest BCUT2D eigenvalue weighted by Gasteiger charge is -2.20. The van der Waals surface area contributed by atoms with Crippen LogP contribution in [0.25, 0.3) is 0 Å². The molecule has 0 amide bonds. The highest BCUT2D eigenvalue weighted by Crippen LogP contribution is 2.35. The Labute approximate surface area is 164 Å². The van der Waals surface area contributed by atoms with E-state index in [2.05, 4.69) is 21.2 Å². The molecule has 1 fully saturated rings. The molecule has 0 bridgehead atoms. The zero-order valence-corrected chi connectivity index (χ0v) is 16.4. The number of hydrogen-bond donors (Lipinski definition) is 3. The van der Waals surface area contributed by atoms with Gasteiger partial charge in [-0.05, 0) is 32.0 Å². The Morgan fingerprint density at radius 1 is 1.33 bits per heavy atom. The molecule has 0 saturated carbocycles. The van der Waals surface area contributed by atoms with E-state index in [4.69, 9.17) is 14.4 Å². The van der Waals surface area contributed by atoms with Gasteiger partial charge < -0.3 is 20.0 Å². The summed E-state index contributed by atoms with van der Waals surface area (Å²) in [5, 5.41) is 13.9. The first-order valence-electron chi connectivity index (χ1n) is 9.00. The van der Waals surface area contributed by atoms with Crippen LogP contribution in [-0.4, -0.2) is 38.4 Å². The highest BCUT2D eigenvalue weighted by Gasteiger charge is 2.28. The first-order valence-corrected chi connectivity index (χ1v) is 11.2. The summed E-state index contributed by atoms with van der Waals surface area (Å²) in [4.78, 5) is 10.5. The maximum atomic E-state index is 11.0. The predicted octanol–water partition coefficient (Wildman–Crippen LogP) is 3.07. The van der Waals surface area contributed by atoms with E-state index < -0.39 is 11.1 Å². The highest BCUT2D eigenvalue weighted by molar-refractivity contribution is 7.79. The first kappa shape index (κ1) is 18.5. The number of nitrogens with one attached hydrogen (secondary N) is 2. The van der Waals surface area contributed by atoms with Gasteiger partial charge in [-0.2, -0.15) is 0 Å². The van der Waals surface area contributed by atoms with Crippen molar-refractivity contribution in [2.45, 2.75) is 31.3 Å². The third-order valence-electron chi connectivity index (χ3n) is 4.87. The zero-order valence-electron chi connectivity index (χ0n) is 14.8. The van der Waals surface area contributed by atoms with Gasteiger partial charge in [0.15, 0.2) is 17.2 Å². The second kappa shape index (κ2) is 8.47. The van der Waals surface area contributed by atoms with Crippen LogP contribution in [0.15, 0.2) is 34.8 Å². The van der Waals surface area contributed by atoms with Gasteiger partial charge in [0.2, 0.25) is 0 Å². The second-order valence-corrected chi connectivity index (χ2v) is 8.48. The Bertz CT molecular complexity index is 849. The van der Waals surface area contributed by atoms with Crippen LogP contribution in [-0.2, 0) is 15.9 Å².